The number of nitrogens with zero attached hydrogens (tertiary/aromatic N) is 2. The van der Waals surface area contributed by atoms with Crippen LogP contribution in [0.15, 0.2) is 46.4 Å². The van der Waals surface area contributed by atoms with Crippen LogP contribution in [0, 0.1) is 0 Å². The maximum absolute atomic E-state index is 12.2. The van der Waals surface area contributed by atoms with Crippen molar-refractivity contribution in [3.05, 3.63) is 46.4 Å². The van der Waals surface area contributed by atoms with Gasteiger partial charge in [-0.15, -0.1) is 11.3 Å². The number of nitrogens with one attached hydrogen (secondary N) is 3. The van der Waals surface area contributed by atoms with Gasteiger partial charge in [-0.1, -0.05) is 25.1 Å². The molecule has 0 bridgehead atoms. The van der Waals surface area contributed by atoms with Crippen molar-refractivity contribution in [2.75, 3.05) is 26.2 Å². The molecule has 0 aliphatic carbocycles. The number of hydrogen-bond donors (Lipinski definition) is 3. The second-order valence-corrected chi connectivity index (χ2v) is 8.69. The third-order valence-electron chi connectivity index (χ3n) is 3.65. The number of thiazole rings is 1. The van der Waals surface area contributed by atoms with Gasteiger partial charge in [0.15, 0.2) is 5.96 Å². The minimum atomic E-state index is -3.49. The number of aliphatic imine (C=N–C) groups is 1. The van der Waals surface area contributed by atoms with Crippen molar-refractivity contribution >= 4 is 27.3 Å². The van der Waals surface area contributed by atoms with Crippen molar-refractivity contribution < 1.29 is 8.42 Å². The summed E-state index contributed by atoms with van der Waals surface area (Å²) in [4.78, 5) is 10.4. The molecule has 3 N–H and O–H groups in total. The van der Waals surface area contributed by atoms with Gasteiger partial charge < -0.3 is 10.6 Å². The van der Waals surface area contributed by atoms with Crippen molar-refractivity contribution in [1.82, 2.24) is 20.3 Å². The molecule has 0 unspecified atom stereocenters. The van der Waals surface area contributed by atoms with Crippen molar-refractivity contribution in [2.24, 2.45) is 4.99 Å². The molecular formula is C18H27N5O2S2. The van der Waals surface area contributed by atoms with Crippen molar-refractivity contribution in [2.45, 2.75) is 31.6 Å². The molecule has 1 aromatic carbocycles. The lowest BCUT2D eigenvalue weighted by Crippen LogP contribution is -2.39. The van der Waals surface area contributed by atoms with E-state index in [1.807, 2.05) is 13.1 Å². The molecule has 27 heavy (non-hydrogen) atoms. The fourth-order valence-electron chi connectivity index (χ4n) is 2.29. The molecule has 0 aliphatic heterocycles. The summed E-state index contributed by atoms with van der Waals surface area (Å²) in [5.41, 5.74) is 0. The molecule has 0 saturated heterocycles. The van der Waals surface area contributed by atoms with Gasteiger partial charge in [0.25, 0.3) is 0 Å². The van der Waals surface area contributed by atoms with Crippen molar-refractivity contribution in [1.29, 1.82) is 0 Å². The van der Waals surface area contributed by atoms with Crippen molar-refractivity contribution in [3.8, 4) is 0 Å². The molecular weight excluding hydrogens is 382 g/mol. The normalized spacial score (nSPS) is 12.1. The Kier molecular flexibility index (Phi) is 8.70. The van der Waals surface area contributed by atoms with Gasteiger partial charge in [-0.2, -0.15) is 0 Å². The Morgan fingerprint density at radius 2 is 1.93 bits per heavy atom. The van der Waals surface area contributed by atoms with E-state index >= 15 is 0 Å². The summed E-state index contributed by atoms with van der Waals surface area (Å²) < 4.78 is 26.9. The molecule has 0 atom stereocenters. The average molecular weight is 410 g/mol. The fourth-order valence-corrected chi connectivity index (χ4v) is 4.19. The standard InChI is InChI=1S/C18H27N5O2S2/c1-3-15-14-22-17(26-15)10-11-20-18(19-4-2)21-12-13-23-27(24,25)16-8-6-5-7-9-16/h5-9,14,23H,3-4,10-13H2,1-2H3,(H2,19,20,21). The Morgan fingerprint density at radius 1 is 1.15 bits per heavy atom. The third-order valence-corrected chi connectivity index (χ3v) is 6.33. The highest BCUT2D eigenvalue weighted by molar-refractivity contribution is 7.89. The molecule has 0 amide bonds. The lowest BCUT2D eigenvalue weighted by Gasteiger charge is -2.11. The first-order valence-corrected chi connectivity index (χ1v) is 11.4. The zero-order valence-electron chi connectivity index (χ0n) is 15.7. The molecule has 9 heteroatoms. The number of rotatable bonds is 10. The van der Waals surface area contributed by atoms with Crippen LogP contribution in [-0.4, -0.2) is 45.5 Å². The van der Waals surface area contributed by atoms with Gasteiger partial charge in [0.1, 0.15) is 0 Å². The highest BCUT2D eigenvalue weighted by Gasteiger charge is 2.11. The van der Waals surface area contributed by atoms with Gasteiger partial charge in [-0.05, 0) is 25.5 Å². The summed E-state index contributed by atoms with van der Waals surface area (Å²) in [5, 5.41) is 7.52. The smallest absolute Gasteiger partial charge is 0.240 e. The van der Waals surface area contributed by atoms with Crippen LogP contribution in [0.25, 0.3) is 0 Å². The number of sulfonamides is 1. The third kappa shape index (κ3) is 7.28. The van der Waals surface area contributed by atoms with E-state index in [0.29, 0.717) is 12.5 Å². The zero-order chi connectivity index (χ0) is 19.5. The van der Waals surface area contributed by atoms with Crippen LogP contribution in [0.3, 0.4) is 0 Å². The molecule has 7 nitrogen and oxygen atoms in total. The van der Waals surface area contributed by atoms with Gasteiger partial charge >= 0.3 is 0 Å². The van der Waals surface area contributed by atoms with E-state index in [0.717, 1.165) is 30.9 Å². The van der Waals surface area contributed by atoms with E-state index in [4.69, 9.17) is 0 Å². The first kappa shape index (κ1) is 21.3. The van der Waals surface area contributed by atoms with E-state index in [1.165, 1.54) is 4.88 Å². The molecule has 0 fully saturated rings. The summed E-state index contributed by atoms with van der Waals surface area (Å²) >= 11 is 1.73. The molecule has 148 valence electrons. The highest BCUT2D eigenvalue weighted by atomic mass is 32.2. The van der Waals surface area contributed by atoms with Gasteiger partial charge in [0.2, 0.25) is 10.0 Å². The van der Waals surface area contributed by atoms with E-state index in [-0.39, 0.29) is 11.4 Å². The molecule has 0 spiro atoms. The van der Waals surface area contributed by atoms with E-state index in [2.05, 4.69) is 32.3 Å². The lowest BCUT2D eigenvalue weighted by atomic mass is 10.4. The zero-order valence-corrected chi connectivity index (χ0v) is 17.4. The Labute approximate surface area is 165 Å². The number of hydrogen-bond acceptors (Lipinski definition) is 5. The van der Waals surface area contributed by atoms with Crippen LogP contribution in [-0.2, 0) is 22.9 Å². The Balaban J connectivity index is 1.78. The van der Waals surface area contributed by atoms with Gasteiger partial charge in [-0.25, -0.2) is 18.1 Å². The van der Waals surface area contributed by atoms with Crippen molar-refractivity contribution in [3.63, 3.8) is 0 Å². The van der Waals surface area contributed by atoms with Crippen LogP contribution in [0.4, 0.5) is 0 Å². The minimum Gasteiger partial charge on any atom is -0.357 e. The first-order valence-electron chi connectivity index (χ1n) is 9.05. The van der Waals surface area contributed by atoms with Gasteiger partial charge in [-0.3, -0.25) is 4.99 Å². The fraction of sp³-hybridized carbons (Fsp3) is 0.444. The number of benzene rings is 1. The molecule has 0 saturated carbocycles. The lowest BCUT2D eigenvalue weighted by molar-refractivity contribution is 0.582. The molecule has 2 rings (SSSR count). The summed E-state index contributed by atoms with van der Waals surface area (Å²) in [6, 6.07) is 8.32. The Bertz CT molecular complexity index is 819. The monoisotopic (exact) mass is 409 g/mol. The molecule has 0 aliphatic rings. The minimum absolute atomic E-state index is 0.236. The van der Waals surface area contributed by atoms with Crippen LogP contribution in [0.2, 0.25) is 0 Å². The average Bonchev–Trinajstić information content (AvgIpc) is 3.14. The number of guanidine groups is 1. The summed E-state index contributed by atoms with van der Waals surface area (Å²) in [7, 11) is -3.49. The first-order chi connectivity index (χ1) is 13.0. The largest absolute Gasteiger partial charge is 0.357 e. The van der Waals surface area contributed by atoms with Crippen LogP contribution < -0.4 is 15.4 Å². The van der Waals surface area contributed by atoms with E-state index in [1.54, 1.807) is 41.7 Å². The SMILES string of the molecule is CCNC(=NCCNS(=O)(=O)c1ccccc1)NCCc1ncc(CC)s1. The quantitative estimate of drug-likeness (QED) is 0.316. The maximum atomic E-state index is 12.2. The summed E-state index contributed by atoms with van der Waals surface area (Å²) in [5.74, 6) is 0.670. The molecule has 1 heterocycles. The summed E-state index contributed by atoms with van der Waals surface area (Å²) in [6.45, 7) is 6.15. The second-order valence-electron chi connectivity index (χ2n) is 5.72. The van der Waals surface area contributed by atoms with Crippen LogP contribution in [0.1, 0.15) is 23.7 Å². The van der Waals surface area contributed by atoms with E-state index < -0.39 is 10.0 Å². The number of aromatic nitrogens is 1. The predicted molar refractivity (Wildman–Crippen MR) is 111 cm³/mol. The Morgan fingerprint density at radius 3 is 2.59 bits per heavy atom. The van der Waals surface area contributed by atoms with Crippen LogP contribution >= 0.6 is 11.3 Å². The molecule has 2 aromatic rings. The van der Waals surface area contributed by atoms with E-state index in [9.17, 15) is 8.42 Å². The van der Waals surface area contributed by atoms with Gasteiger partial charge in [0, 0.05) is 37.1 Å². The van der Waals surface area contributed by atoms with Gasteiger partial charge in [0.05, 0.1) is 16.4 Å². The molecule has 0 radical (unpaired) electrons. The second kappa shape index (κ2) is 11.0. The highest BCUT2D eigenvalue weighted by Crippen LogP contribution is 2.13. The molecule has 1 aromatic heterocycles. The Hall–Kier alpha value is -1.97. The van der Waals surface area contributed by atoms with Crippen LogP contribution in [0.5, 0.6) is 0 Å². The summed E-state index contributed by atoms with van der Waals surface area (Å²) in [6.07, 6.45) is 3.77. The predicted octanol–water partition coefficient (Wildman–Crippen LogP) is 1.78. The topological polar surface area (TPSA) is 95.5 Å². The maximum Gasteiger partial charge on any atom is 0.240 e. The number of aryl methyl sites for hydroxylation is 1.